The van der Waals surface area contributed by atoms with E-state index in [9.17, 15) is 4.79 Å². The molecule has 0 aromatic carbocycles. The molecule has 19 heavy (non-hydrogen) atoms. The molecule has 0 aliphatic carbocycles. The number of carbonyl (C=O) groups excluding carboxylic acids is 1. The molecule has 0 spiro atoms. The van der Waals surface area contributed by atoms with E-state index in [1.807, 2.05) is 28.8 Å². The van der Waals surface area contributed by atoms with Gasteiger partial charge in [-0.05, 0) is 32.9 Å². The third-order valence-corrected chi connectivity index (χ3v) is 4.22. The molecule has 2 rings (SSSR count). The second-order valence-electron chi connectivity index (χ2n) is 5.13. The molecule has 0 saturated carbocycles. The van der Waals surface area contributed by atoms with Crippen molar-refractivity contribution < 1.29 is 4.79 Å². The minimum Gasteiger partial charge on any atom is -0.368 e. The Bertz CT molecular complexity index is 450. The highest BCUT2D eigenvalue weighted by molar-refractivity contribution is 7.99. The van der Waals surface area contributed by atoms with Crippen molar-refractivity contribution in [2.75, 3.05) is 23.4 Å². The summed E-state index contributed by atoms with van der Waals surface area (Å²) >= 11 is 1.90. The fourth-order valence-corrected chi connectivity index (χ4v) is 3.12. The van der Waals surface area contributed by atoms with Crippen LogP contribution in [0.3, 0.4) is 0 Å². The van der Waals surface area contributed by atoms with Crippen molar-refractivity contribution in [3.05, 3.63) is 23.9 Å². The van der Waals surface area contributed by atoms with Crippen LogP contribution in [0.1, 0.15) is 31.3 Å². The molecular formula is C14H21N3OS. The van der Waals surface area contributed by atoms with Crippen molar-refractivity contribution >= 4 is 23.5 Å². The predicted octanol–water partition coefficient (Wildman–Crippen LogP) is 2.48. The Morgan fingerprint density at radius 1 is 1.53 bits per heavy atom. The van der Waals surface area contributed by atoms with E-state index in [0.29, 0.717) is 11.7 Å². The van der Waals surface area contributed by atoms with Gasteiger partial charge in [0.2, 0.25) is 0 Å². The monoisotopic (exact) mass is 279 g/mol. The number of nitrogens with zero attached hydrogens (tertiary/aromatic N) is 2. The van der Waals surface area contributed by atoms with Gasteiger partial charge in [-0.15, -0.1) is 0 Å². The second kappa shape index (κ2) is 6.28. The topological polar surface area (TPSA) is 45.2 Å². The molecule has 1 aliphatic heterocycles. The van der Waals surface area contributed by atoms with E-state index in [1.54, 1.807) is 6.07 Å². The minimum absolute atomic E-state index is 0.0419. The van der Waals surface area contributed by atoms with Crippen molar-refractivity contribution in [2.45, 2.75) is 32.9 Å². The molecule has 1 fully saturated rings. The quantitative estimate of drug-likeness (QED) is 0.923. The Kier molecular flexibility index (Phi) is 4.69. The van der Waals surface area contributed by atoms with Gasteiger partial charge in [-0.25, -0.2) is 4.98 Å². The summed E-state index contributed by atoms with van der Waals surface area (Å²) in [7, 11) is 0. The van der Waals surface area contributed by atoms with Gasteiger partial charge in [0.25, 0.3) is 5.91 Å². The maximum atomic E-state index is 12.5. The van der Waals surface area contributed by atoms with Gasteiger partial charge in [-0.3, -0.25) is 4.79 Å². The average Bonchev–Trinajstić information content (AvgIpc) is 2.38. The predicted molar refractivity (Wildman–Crippen MR) is 80.8 cm³/mol. The van der Waals surface area contributed by atoms with Crippen LogP contribution in [0, 0.1) is 0 Å². The highest BCUT2D eigenvalue weighted by atomic mass is 32.2. The maximum Gasteiger partial charge on any atom is 0.272 e. The van der Waals surface area contributed by atoms with E-state index < -0.39 is 0 Å². The van der Waals surface area contributed by atoms with Crippen LogP contribution in [0.15, 0.2) is 18.2 Å². The zero-order valence-electron chi connectivity index (χ0n) is 11.7. The third-order valence-electron chi connectivity index (χ3n) is 3.03. The van der Waals surface area contributed by atoms with Gasteiger partial charge in [0.05, 0.1) is 0 Å². The van der Waals surface area contributed by atoms with Gasteiger partial charge < -0.3 is 10.2 Å². The molecule has 1 amide bonds. The summed E-state index contributed by atoms with van der Waals surface area (Å²) in [6, 6.07) is 6.17. The largest absolute Gasteiger partial charge is 0.368 e. The fourth-order valence-electron chi connectivity index (χ4n) is 2.11. The highest BCUT2D eigenvalue weighted by Gasteiger charge is 2.25. The van der Waals surface area contributed by atoms with E-state index in [-0.39, 0.29) is 11.9 Å². The molecular weight excluding hydrogens is 258 g/mol. The number of pyridine rings is 1. The zero-order chi connectivity index (χ0) is 13.8. The van der Waals surface area contributed by atoms with E-state index >= 15 is 0 Å². The van der Waals surface area contributed by atoms with Gasteiger partial charge in [0.15, 0.2) is 0 Å². The van der Waals surface area contributed by atoms with Crippen molar-refractivity contribution in [3.8, 4) is 0 Å². The van der Waals surface area contributed by atoms with Gasteiger partial charge >= 0.3 is 0 Å². The van der Waals surface area contributed by atoms with E-state index in [2.05, 4.69) is 31.1 Å². The number of aromatic nitrogens is 1. The van der Waals surface area contributed by atoms with E-state index in [1.165, 1.54) is 0 Å². The van der Waals surface area contributed by atoms with Crippen molar-refractivity contribution in [3.63, 3.8) is 0 Å². The van der Waals surface area contributed by atoms with Crippen LogP contribution in [-0.2, 0) is 0 Å². The number of rotatable bonds is 3. The van der Waals surface area contributed by atoms with Crippen LogP contribution >= 0.6 is 11.8 Å². The van der Waals surface area contributed by atoms with Crippen LogP contribution in [0.25, 0.3) is 0 Å². The molecule has 104 valence electrons. The van der Waals surface area contributed by atoms with Crippen LogP contribution in [0.4, 0.5) is 5.82 Å². The SMILES string of the molecule is CC(C)Nc1cccc(C(=O)N2CCSCC2C)n1. The number of carbonyl (C=O) groups is 1. The van der Waals surface area contributed by atoms with E-state index in [0.717, 1.165) is 23.9 Å². The number of anilines is 1. The zero-order valence-corrected chi connectivity index (χ0v) is 12.5. The second-order valence-corrected chi connectivity index (χ2v) is 6.28. The molecule has 1 aliphatic rings. The first-order valence-electron chi connectivity index (χ1n) is 6.70. The molecule has 0 radical (unpaired) electrons. The Balaban J connectivity index is 2.14. The van der Waals surface area contributed by atoms with Gasteiger partial charge in [0.1, 0.15) is 11.5 Å². The van der Waals surface area contributed by atoms with Crippen LogP contribution in [-0.4, -0.2) is 45.9 Å². The molecule has 1 saturated heterocycles. The third kappa shape index (κ3) is 3.62. The van der Waals surface area contributed by atoms with E-state index in [4.69, 9.17) is 0 Å². The Morgan fingerprint density at radius 3 is 3.00 bits per heavy atom. The Morgan fingerprint density at radius 2 is 2.32 bits per heavy atom. The summed E-state index contributed by atoms with van der Waals surface area (Å²) in [5.74, 6) is 2.83. The van der Waals surface area contributed by atoms with Crippen LogP contribution in [0.5, 0.6) is 0 Å². The fraction of sp³-hybridized carbons (Fsp3) is 0.571. The van der Waals surface area contributed by atoms with Gasteiger partial charge in [-0.2, -0.15) is 11.8 Å². The van der Waals surface area contributed by atoms with Crippen molar-refractivity contribution in [1.82, 2.24) is 9.88 Å². The van der Waals surface area contributed by atoms with Crippen molar-refractivity contribution in [1.29, 1.82) is 0 Å². The first-order valence-corrected chi connectivity index (χ1v) is 7.85. The molecule has 5 heteroatoms. The summed E-state index contributed by atoms with van der Waals surface area (Å²) in [5, 5.41) is 3.23. The van der Waals surface area contributed by atoms with Crippen molar-refractivity contribution in [2.24, 2.45) is 0 Å². The molecule has 1 atom stereocenters. The molecule has 2 heterocycles. The number of thioether (sulfide) groups is 1. The number of hydrogen-bond donors (Lipinski definition) is 1. The lowest BCUT2D eigenvalue weighted by Gasteiger charge is -2.32. The Hall–Kier alpha value is -1.23. The highest BCUT2D eigenvalue weighted by Crippen LogP contribution is 2.18. The Labute approximate surface area is 119 Å². The number of hydrogen-bond acceptors (Lipinski definition) is 4. The number of nitrogens with one attached hydrogen (secondary N) is 1. The summed E-state index contributed by atoms with van der Waals surface area (Å²) < 4.78 is 0. The molecule has 1 N–H and O–H groups in total. The lowest BCUT2D eigenvalue weighted by molar-refractivity contribution is 0.0710. The smallest absolute Gasteiger partial charge is 0.272 e. The normalized spacial score (nSPS) is 19.6. The first-order chi connectivity index (χ1) is 9.08. The summed E-state index contributed by atoms with van der Waals surface area (Å²) in [5.41, 5.74) is 0.532. The lowest BCUT2D eigenvalue weighted by atomic mass is 10.2. The summed E-state index contributed by atoms with van der Waals surface area (Å²) in [6.45, 7) is 7.02. The summed E-state index contributed by atoms with van der Waals surface area (Å²) in [6.07, 6.45) is 0. The maximum absolute atomic E-state index is 12.5. The summed E-state index contributed by atoms with van der Waals surface area (Å²) in [4.78, 5) is 18.8. The molecule has 0 bridgehead atoms. The van der Waals surface area contributed by atoms with Crippen LogP contribution in [0.2, 0.25) is 0 Å². The standard InChI is InChI=1S/C14H21N3OS/c1-10(2)15-13-6-4-5-12(16-13)14(18)17-7-8-19-9-11(17)3/h4-6,10-11H,7-9H2,1-3H3,(H,15,16). The molecule has 1 unspecified atom stereocenters. The minimum atomic E-state index is 0.0419. The van der Waals surface area contributed by atoms with Gasteiger partial charge in [-0.1, -0.05) is 6.07 Å². The first kappa shape index (κ1) is 14.2. The lowest BCUT2D eigenvalue weighted by Crippen LogP contribution is -2.44. The van der Waals surface area contributed by atoms with Crippen LogP contribution < -0.4 is 5.32 Å². The average molecular weight is 279 g/mol. The molecule has 1 aromatic heterocycles. The molecule has 1 aromatic rings. The molecule has 4 nitrogen and oxygen atoms in total. The number of amides is 1. The van der Waals surface area contributed by atoms with Gasteiger partial charge in [0, 0.05) is 30.1 Å².